The van der Waals surface area contributed by atoms with E-state index in [1.807, 2.05) is 91.0 Å². The molecule has 0 spiro atoms. The van der Waals surface area contributed by atoms with Crippen molar-refractivity contribution in [3.8, 4) is 0 Å². The molecule has 2 atom stereocenters. The number of nitrogens with one attached hydrogen (secondary N) is 1. The molecule has 0 bridgehead atoms. The number of aliphatic hydroxyl groups excluding tert-OH is 1. The zero-order chi connectivity index (χ0) is 19.3. The fourth-order valence-electron chi connectivity index (χ4n) is 3.44. The summed E-state index contributed by atoms with van der Waals surface area (Å²) in [6.45, 7) is 1.48. The van der Waals surface area contributed by atoms with Gasteiger partial charge in [-0.2, -0.15) is 0 Å². The molecule has 3 N–H and O–H groups in total. The van der Waals surface area contributed by atoms with Gasteiger partial charge in [0.1, 0.15) is 6.04 Å². The molecule has 0 unspecified atom stereocenters. The van der Waals surface area contributed by atoms with Crippen molar-refractivity contribution >= 4 is 35.5 Å². The molecule has 0 heterocycles. The Morgan fingerprint density at radius 2 is 1.11 bits per heavy atom. The van der Waals surface area contributed by atoms with Crippen LogP contribution in [0.3, 0.4) is 0 Å². The van der Waals surface area contributed by atoms with Gasteiger partial charge in [0.05, 0.1) is 11.6 Å². The Kier molecular flexibility index (Phi) is 7.98. The van der Waals surface area contributed by atoms with Crippen molar-refractivity contribution in [3.05, 3.63) is 108 Å². The number of carboxylic acids is 1. The molecule has 0 aliphatic carbocycles. The van der Waals surface area contributed by atoms with Crippen LogP contribution in [0.15, 0.2) is 91.0 Å². The van der Waals surface area contributed by atoms with Crippen LogP contribution in [0.5, 0.6) is 0 Å². The van der Waals surface area contributed by atoms with E-state index in [0.29, 0.717) is 0 Å². The van der Waals surface area contributed by atoms with E-state index in [1.165, 1.54) is 6.92 Å². The molecule has 0 saturated carbocycles. The first kappa shape index (κ1) is 22.3. The Bertz CT molecular complexity index is 773. The van der Waals surface area contributed by atoms with Gasteiger partial charge in [-0.15, -0.1) is 0 Å². The predicted molar refractivity (Wildman–Crippen MR) is 111 cm³/mol. The number of rotatable bonds is 7. The van der Waals surface area contributed by atoms with Crippen molar-refractivity contribution < 1.29 is 15.0 Å². The molecule has 4 nitrogen and oxygen atoms in total. The molecule has 3 rings (SSSR count). The van der Waals surface area contributed by atoms with Gasteiger partial charge in [-0.25, -0.2) is 0 Å². The number of benzene rings is 3. The predicted octanol–water partition coefficient (Wildman–Crippen LogP) is 3.02. The summed E-state index contributed by atoms with van der Waals surface area (Å²) in [4.78, 5) is 11.9. The molecule has 1 radical (unpaired) electrons. The molecule has 5 heteroatoms. The van der Waals surface area contributed by atoms with Crippen LogP contribution in [0.2, 0.25) is 0 Å². The molecule has 3 aromatic rings. The molecule has 0 amide bonds. The standard InChI is InChI=1S/C23H23NO3.Na/c1-17(25)21(22(26)27)24-23(18-11-5-2-6-12-18,19-13-7-3-8-14-19)20-15-9-4-10-16-20;/h2-17,21,24-25H,1H3,(H,26,27);/t17-,21-;/m0./s1. The van der Waals surface area contributed by atoms with Gasteiger partial charge in [0.15, 0.2) is 0 Å². The number of aliphatic carboxylic acids is 1. The van der Waals surface area contributed by atoms with Crippen molar-refractivity contribution in [2.24, 2.45) is 0 Å². The number of carbonyl (C=O) groups is 1. The van der Waals surface area contributed by atoms with E-state index in [1.54, 1.807) is 0 Å². The summed E-state index contributed by atoms with van der Waals surface area (Å²) in [7, 11) is 0. The van der Waals surface area contributed by atoms with Gasteiger partial charge in [0.25, 0.3) is 0 Å². The number of aliphatic hydroxyl groups is 1. The Labute approximate surface area is 187 Å². The van der Waals surface area contributed by atoms with Crippen LogP contribution in [0.1, 0.15) is 23.6 Å². The molecule has 0 fully saturated rings. The van der Waals surface area contributed by atoms with Gasteiger partial charge in [-0.3, -0.25) is 10.1 Å². The topological polar surface area (TPSA) is 69.6 Å². The maximum Gasteiger partial charge on any atom is 0.323 e. The minimum atomic E-state index is -1.15. The zero-order valence-corrected chi connectivity index (χ0v) is 18.1. The summed E-state index contributed by atoms with van der Waals surface area (Å²) in [5.74, 6) is -1.10. The van der Waals surface area contributed by atoms with Gasteiger partial charge < -0.3 is 10.2 Å². The third kappa shape index (κ3) is 4.54. The number of hydrogen-bond acceptors (Lipinski definition) is 3. The first-order valence-corrected chi connectivity index (χ1v) is 8.91. The quantitative estimate of drug-likeness (QED) is 0.433. The Hall–Kier alpha value is -1.95. The van der Waals surface area contributed by atoms with Crippen molar-refractivity contribution in [2.45, 2.75) is 24.6 Å². The zero-order valence-electron chi connectivity index (χ0n) is 16.1. The molecule has 0 aliphatic heterocycles. The number of carboxylic acid groups (broad SMARTS) is 1. The van der Waals surface area contributed by atoms with Gasteiger partial charge in [-0.05, 0) is 23.6 Å². The average molecular weight is 384 g/mol. The fraction of sp³-hybridized carbons (Fsp3) is 0.174. The second-order valence-electron chi connectivity index (χ2n) is 6.55. The van der Waals surface area contributed by atoms with Crippen LogP contribution in [0.25, 0.3) is 0 Å². The van der Waals surface area contributed by atoms with Crippen LogP contribution in [-0.2, 0) is 10.3 Å². The van der Waals surface area contributed by atoms with Gasteiger partial charge in [0, 0.05) is 29.6 Å². The van der Waals surface area contributed by atoms with Crippen LogP contribution >= 0.6 is 0 Å². The summed E-state index contributed by atoms with van der Waals surface area (Å²) in [5.41, 5.74) is 1.77. The molecule has 0 aliphatic rings. The minimum absolute atomic E-state index is 0. The van der Waals surface area contributed by atoms with Crippen molar-refractivity contribution in [3.63, 3.8) is 0 Å². The molecular formula is C23H23NNaO3. The minimum Gasteiger partial charge on any atom is -0.480 e. The van der Waals surface area contributed by atoms with Crippen LogP contribution in [0, 0.1) is 0 Å². The van der Waals surface area contributed by atoms with Gasteiger partial charge >= 0.3 is 5.97 Å². The van der Waals surface area contributed by atoms with E-state index in [4.69, 9.17) is 0 Å². The third-order valence-corrected chi connectivity index (χ3v) is 4.74. The Balaban J connectivity index is 0.00000280. The Morgan fingerprint density at radius 3 is 1.36 bits per heavy atom. The second kappa shape index (κ2) is 10.0. The first-order valence-electron chi connectivity index (χ1n) is 8.91. The maximum absolute atomic E-state index is 11.9. The van der Waals surface area contributed by atoms with E-state index in [0.717, 1.165) is 16.7 Å². The largest absolute Gasteiger partial charge is 0.480 e. The van der Waals surface area contributed by atoms with E-state index in [-0.39, 0.29) is 29.6 Å². The molecule has 139 valence electrons. The van der Waals surface area contributed by atoms with E-state index in [2.05, 4.69) is 5.32 Å². The summed E-state index contributed by atoms with van der Waals surface area (Å²) in [6, 6.07) is 28.0. The molecule has 0 aromatic heterocycles. The second-order valence-corrected chi connectivity index (χ2v) is 6.55. The van der Waals surface area contributed by atoms with Crippen molar-refractivity contribution in [1.29, 1.82) is 0 Å². The molecule has 28 heavy (non-hydrogen) atoms. The third-order valence-electron chi connectivity index (χ3n) is 4.74. The van der Waals surface area contributed by atoms with Crippen molar-refractivity contribution in [1.82, 2.24) is 5.32 Å². The maximum atomic E-state index is 11.9. The summed E-state index contributed by atoms with van der Waals surface area (Å²) >= 11 is 0. The molecular weight excluding hydrogens is 361 g/mol. The summed E-state index contributed by atoms with van der Waals surface area (Å²) < 4.78 is 0. The van der Waals surface area contributed by atoms with E-state index >= 15 is 0 Å². The summed E-state index contributed by atoms with van der Waals surface area (Å²) in [5, 5.41) is 23.1. The molecule has 3 aromatic carbocycles. The summed E-state index contributed by atoms with van der Waals surface area (Å²) in [6.07, 6.45) is -1.07. The van der Waals surface area contributed by atoms with E-state index < -0.39 is 23.7 Å². The Morgan fingerprint density at radius 1 is 0.786 bits per heavy atom. The van der Waals surface area contributed by atoms with Crippen molar-refractivity contribution in [2.75, 3.05) is 0 Å². The number of hydrogen-bond donors (Lipinski definition) is 3. The average Bonchev–Trinajstić information content (AvgIpc) is 2.70. The smallest absolute Gasteiger partial charge is 0.323 e. The van der Waals surface area contributed by atoms with Gasteiger partial charge in [-0.1, -0.05) is 91.0 Å². The molecule has 0 saturated heterocycles. The fourth-order valence-corrected chi connectivity index (χ4v) is 3.44. The van der Waals surface area contributed by atoms with Gasteiger partial charge in [0.2, 0.25) is 0 Å². The normalized spacial score (nSPS) is 13.2. The first-order chi connectivity index (χ1) is 13.1. The monoisotopic (exact) mass is 384 g/mol. The van der Waals surface area contributed by atoms with Crippen LogP contribution < -0.4 is 5.32 Å². The van der Waals surface area contributed by atoms with Crippen LogP contribution in [-0.4, -0.2) is 57.9 Å². The SMILES string of the molecule is C[C@H](O)[C@H](NC(c1ccccc1)(c1ccccc1)c1ccccc1)C(=O)O.[Na]. The van der Waals surface area contributed by atoms with Crippen LogP contribution in [0.4, 0.5) is 0 Å². The van der Waals surface area contributed by atoms with E-state index in [9.17, 15) is 15.0 Å².